The zero-order valence-corrected chi connectivity index (χ0v) is 13.9. The van der Waals surface area contributed by atoms with Gasteiger partial charge in [0, 0.05) is 18.5 Å². The van der Waals surface area contributed by atoms with E-state index in [1.165, 1.54) is 18.4 Å². The molecule has 2 rings (SSSR count). The number of carbonyl (C=O) groups is 1. The van der Waals surface area contributed by atoms with Crippen LogP contribution in [0.3, 0.4) is 0 Å². The third-order valence-electron chi connectivity index (χ3n) is 2.33. The highest BCUT2D eigenvalue weighted by atomic mass is 127. The summed E-state index contributed by atoms with van der Waals surface area (Å²) < 4.78 is 6.80. The van der Waals surface area contributed by atoms with Crippen LogP contribution in [0.25, 0.3) is 10.4 Å². The van der Waals surface area contributed by atoms with E-state index in [-0.39, 0.29) is 0 Å². The maximum atomic E-state index is 11.5. The minimum absolute atomic E-state index is 0.395. The molecule has 0 aliphatic heterocycles. The van der Waals surface area contributed by atoms with Gasteiger partial charge in [0.05, 0.1) is 12.8 Å². The van der Waals surface area contributed by atoms with Crippen molar-refractivity contribution in [3.05, 3.63) is 37.2 Å². The molecule has 1 aromatic carbocycles. The molecular formula is C12H9BrINO2S. The van der Waals surface area contributed by atoms with Crippen molar-refractivity contribution >= 4 is 61.5 Å². The third-order valence-corrected chi connectivity index (χ3v) is 4.92. The van der Waals surface area contributed by atoms with Crippen molar-refractivity contribution in [2.45, 2.75) is 0 Å². The topological polar surface area (TPSA) is 52.3 Å². The summed E-state index contributed by atoms with van der Waals surface area (Å²) in [5.41, 5.74) is 7.35. The number of esters is 1. The highest BCUT2D eigenvalue weighted by Crippen LogP contribution is 2.37. The summed E-state index contributed by atoms with van der Waals surface area (Å²) in [7, 11) is 1.35. The van der Waals surface area contributed by atoms with Crippen molar-refractivity contribution in [1.82, 2.24) is 0 Å². The molecule has 6 heteroatoms. The predicted octanol–water partition coefficient (Wildman–Crippen LogP) is 4.15. The lowest BCUT2D eigenvalue weighted by molar-refractivity contribution is 0.0607. The van der Waals surface area contributed by atoms with Crippen molar-refractivity contribution in [1.29, 1.82) is 0 Å². The molecule has 0 saturated carbocycles. The number of thiophene rings is 1. The molecule has 1 aromatic heterocycles. The van der Waals surface area contributed by atoms with Gasteiger partial charge < -0.3 is 10.5 Å². The molecule has 0 amide bonds. The highest BCUT2D eigenvalue weighted by Gasteiger charge is 2.16. The quantitative estimate of drug-likeness (QED) is 0.567. The molecule has 94 valence electrons. The van der Waals surface area contributed by atoms with E-state index >= 15 is 0 Å². The maximum Gasteiger partial charge on any atom is 0.350 e. The van der Waals surface area contributed by atoms with E-state index in [9.17, 15) is 4.79 Å². The van der Waals surface area contributed by atoms with Gasteiger partial charge in [-0.1, -0.05) is 15.9 Å². The molecule has 0 saturated heterocycles. The van der Waals surface area contributed by atoms with Crippen LogP contribution < -0.4 is 5.73 Å². The predicted molar refractivity (Wildman–Crippen MR) is 85.9 cm³/mol. The molecular weight excluding hydrogens is 429 g/mol. The van der Waals surface area contributed by atoms with E-state index in [2.05, 4.69) is 38.5 Å². The summed E-state index contributed by atoms with van der Waals surface area (Å²) in [5.74, 6) is -0.395. The van der Waals surface area contributed by atoms with Gasteiger partial charge in [-0.05, 0) is 46.9 Å². The summed E-state index contributed by atoms with van der Waals surface area (Å²) in [6.07, 6.45) is 0. The average molecular weight is 438 g/mol. The Kier molecular flexibility index (Phi) is 4.29. The standard InChI is InChI=1S/C12H9BrINO2S/c1-17-12(16)11-9(15)5-10(18-11)7-4-6(13)2-3-8(7)14/h2-5H,15H2,1H3. The lowest BCUT2D eigenvalue weighted by atomic mass is 10.2. The smallest absolute Gasteiger partial charge is 0.350 e. The fourth-order valence-corrected chi connectivity index (χ4v) is 3.67. The van der Waals surface area contributed by atoms with Gasteiger partial charge in [0.25, 0.3) is 0 Å². The molecule has 0 bridgehead atoms. The van der Waals surface area contributed by atoms with E-state index in [0.717, 1.165) is 18.5 Å². The summed E-state index contributed by atoms with van der Waals surface area (Å²) >= 11 is 7.04. The lowest BCUT2D eigenvalue weighted by Crippen LogP contribution is -2.00. The second-order valence-corrected chi connectivity index (χ2v) is 6.64. The van der Waals surface area contributed by atoms with Gasteiger partial charge in [0.1, 0.15) is 4.88 Å². The van der Waals surface area contributed by atoms with Gasteiger partial charge in [-0.3, -0.25) is 0 Å². The molecule has 0 fully saturated rings. The van der Waals surface area contributed by atoms with E-state index in [0.29, 0.717) is 10.6 Å². The molecule has 0 spiro atoms. The number of hydrogen-bond acceptors (Lipinski definition) is 4. The van der Waals surface area contributed by atoms with Crippen molar-refractivity contribution in [2.24, 2.45) is 0 Å². The first kappa shape index (κ1) is 13.8. The van der Waals surface area contributed by atoms with Gasteiger partial charge in [-0.15, -0.1) is 11.3 Å². The third kappa shape index (κ3) is 2.70. The SMILES string of the molecule is COC(=O)c1sc(-c2cc(Br)ccc2I)cc1N. The second kappa shape index (κ2) is 5.58. The van der Waals surface area contributed by atoms with Crippen LogP contribution in [-0.2, 0) is 4.74 Å². The first-order valence-electron chi connectivity index (χ1n) is 4.96. The molecule has 2 aromatic rings. The average Bonchev–Trinajstić information content (AvgIpc) is 2.73. The van der Waals surface area contributed by atoms with Gasteiger partial charge in [-0.2, -0.15) is 0 Å². The van der Waals surface area contributed by atoms with Gasteiger partial charge in [-0.25, -0.2) is 4.79 Å². The van der Waals surface area contributed by atoms with E-state index in [1.54, 1.807) is 6.07 Å². The Balaban J connectivity index is 2.52. The van der Waals surface area contributed by atoms with Crippen molar-refractivity contribution in [3.8, 4) is 10.4 Å². The van der Waals surface area contributed by atoms with Crippen molar-refractivity contribution in [3.63, 3.8) is 0 Å². The van der Waals surface area contributed by atoms with Gasteiger partial charge >= 0.3 is 5.97 Å². The largest absolute Gasteiger partial charge is 0.465 e. The number of methoxy groups -OCH3 is 1. The van der Waals surface area contributed by atoms with Crippen LogP contribution in [0.1, 0.15) is 9.67 Å². The normalized spacial score (nSPS) is 10.4. The minimum atomic E-state index is -0.395. The number of anilines is 1. The van der Waals surface area contributed by atoms with E-state index < -0.39 is 5.97 Å². The van der Waals surface area contributed by atoms with Crippen LogP contribution in [0, 0.1) is 3.57 Å². The fourth-order valence-electron chi connectivity index (χ4n) is 1.48. The maximum absolute atomic E-state index is 11.5. The van der Waals surface area contributed by atoms with E-state index in [1.807, 2.05) is 18.2 Å². The second-order valence-electron chi connectivity index (χ2n) is 3.51. The molecule has 0 radical (unpaired) electrons. The Morgan fingerprint density at radius 1 is 1.44 bits per heavy atom. The van der Waals surface area contributed by atoms with Crippen LogP contribution in [-0.4, -0.2) is 13.1 Å². The van der Waals surface area contributed by atoms with Crippen LogP contribution in [0.15, 0.2) is 28.7 Å². The number of rotatable bonds is 2. The Bertz CT molecular complexity index is 612. The number of nitrogens with two attached hydrogens (primary N) is 1. The molecule has 0 aliphatic carbocycles. The fraction of sp³-hybridized carbons (Fsp3) is 0.0833. The number of carbonyl (C=O) groups excluding carboxylic acids is 1. The number of hydrogen-bond donors (Lipinski definition) is 1. The molecule has 3 nitrogen and oxygen atoms in total. The number of halogens is 2. The summed E-state index contributed by atoms with van der Waals surface area (Å²) in [5, 5.41) is 0. The van der Waals surface area contributed by atoms with Crippen LogP contribution in [0.4, 0.5) is 5.69 Å². The van der Waals surface area contributed by atoms with Crippen LogP contribution in [0.2, 0.25) is 0 Å². The molecule has 2 N–H and O–H groups in total. The van der Waals surface area contributed by atoms with Crippen molar-refractivity contribution < 1.29 is 9.53 Å². The lowest BCUT2D eigenvalue weighted by Gasteiger charge is -2.02. The van der Waals surface area contributed by atoms with Crippen molar-refractivity contribution in [2.75, 3.05) is 12.8 Å². The molecule has 18 heavy (non-hydrogen) atoms. The molecule has 0 atom stereocenters. The Morgan fingerprint density at radius 2 is 2.17 bits per heavy atom. The number of nitrogen functional groups attached to an aromatic ring is 1. The summed E-state index contributed by atoms with van der Waals surface area (Å²) in [6.45, 7) is 0. The zero-order chi connectivity index (χ0) is 13.3. The first-order chi connectivity index (χ1) is 8.52. The van der Waals surface area contributed by atoms with Gasteiger partial charge in [0.15, 0.2) is 0 Å². The number of benzene rings is 1. The number of ether oxygens (including phenoxy) is 1. The molecule has 1 heterocycles. The molecule has 0 unspecified atom stereocenters. The Hall–Kier alpha value is -0.600. The monoisotopic (exact) mass is 437 g/mol. The molecule has 0 aliphatic rings. The van der Waals surface area contributed by atoms with Crippen LogP contribution in [0.5, 0.6) is 0 Å². The summed E-state index contributed by atoms with van der Waals surface area (Å²) in [4.78, 5) is 12.9. The first-order valence-corrected chi connectivity index (χ1v) is 7.65. The Labute approximate surface area is 131 Å². The highest BCUT2D eigenvalue weighted by molar-refractivity contribution is 14.1. The van der Waals surface area contributed by atoms with Gasteiger partial charge in [0.2, 0.25) is 0 Å². The Morgan fingerprint density at radius 3 is 2.83 bits per heavy atom. The zero-order valence-electron chi connectivity index (χ0n) is 9.37. The van der Waals surface area contributed by atoms with Crippen LogP contribution >= 0.6 is 49.9 Å². The van der Waals surface area contributed by atoms with E-state index in [4.69, 9.17) is 10.5 Å². The summed E-state index contributed by atoms with van der Waals surface area (Å²) in [6, 6.07) is 7.80. The minimum Gasteiger partial charge on any atom is -0.465 e.